The van der Waals surface area contributed by atoms with Crippen LogP contribution in [-0.4, -0.2) is 48.0 Å². The Balaban J connectivity index is 2.10. The lowest BCUT2D eigenvalue weighted by Crippen LogP contribution is -2.34. The molecule has 1 aliphatic rings. The first kappa shape index (κ1) is 15.0. The van der Waals surface area contributed by atoms with Crippen LogP contribution in [0, 0.1) is 0 Å². The predicted octanol–water partition coefficient (Wildman–Crippen LogP) is 1.78. The number of aromatic nitrogens is 2. The van der Waals surface area contributed by atoms with E-state index in [1.165, 1.54) is 6.42 Å². The molecule has 19 heavy (non-hydrogen) atoms. The molecule has 0 bridgehead atoms. The molecule has 2 atom stereocenters. The van der Waals surface area contributed by atoms with E-state index < -0.39 is 0 Å². The Morgan fingerprint density at radius 2 is 2.37 bits per heavy atom. The summed E-state index contributed by atoms with van der Waals surface area (Å²) in [6, 6.07) is -0.112. The van der Waals surface area contributed by atoms with Crippen molar-refractivity contribution in [2.45, 2.75) is 38.0 Å². The van der Waals surface area contributed by atoms with E-state index in [2.05, 4.69) is 40.0 Å². The molecule has 0 amide bonds. The number of ether oxygens (including phenoxy) is 1. The Labute approximate surface area is 123 Å². The maximum absolute atomic E-state index is 6.39. The van der Waals surface area contributed by atoms with Crippen LogP contribution < -0.4 is 5.73 Å². The Hall–Kier alpha value is -0.430. The molecule has 1 aromatic rings. The molecular formula is C13H23BrN4O. The molecule has 2 rings (SSSR count). The van der Waals surface area contributed by atoms with E-state index in [0.29, 0.717) is 0 Å². The third-order valence-corrected chi connectivity index (χ3v) is 4.13. The first-order valence-electron chi connectivity index (χ1n) is 6.82. The number of likely N-dealkylation sites (N-methyl/N-ethyl adjacent to an activating group) is 1. The number of nitrogens with two attached hydrogens (primary N) is 1. The van der Waals surface area contributed by atoms with Crippen molar-refractivity contribution >= 4 is 15.9 Å². The molecule has 5 nitrogen and oxygen atoms in total. The summed E-state index contributed by atoms with van der Waals surface area (Å²) in [6.45, 7) is 2.61. The van der Waals surface area contributed by atoms with Crippen molar-refractivity contribution in [1.82, 2.24) is 14.7 Å². The van der Waals surface area contributed by atoms with Gasteiger partial charge in [0.05, 0.1) is 35.1 Å². The van der Waals surface area contributed by atoms with Gasteiger partial charge in [0.2, 0.25) is 0 Å². The van der Waals surface area contributed by atoms with Crippen molar-refractivity contribution in [3.63, 3.8) is 0 Å². The summed E-state index contributed by atoms with van der Waals surface area (Å²) in [7, 11) is 4.12. The molecule has 0 spiro atoms. The Kier molecular flexibility index (Phi) is 5.38. The minimum absolute atomic E-state index is 0.111. The zero-order chi connectivity index (χ0) is 13.8. The molecule has 0 aliphatic carbocycles. The summed E-state index contributed by atoms with van der Waals surface area (Å²) in [5.74, 6) is 0. The molecule has 1 saturated heterocycles. The van der Waals surface area contributed by atoms with Gasteiger partial charge in [-0.25, -0.2) is 0 Å². The molecule has 2 heterocycles. The number of nitrogens with zero attached hydrogens (tertiary/aromatic N) is 3. The van der Waals surface area contributed by atoms with Gasteiger partial charge in [0, 0.05) is 13.2 Å². The zero-order valence-corrected chi connectivity index (χ0v) is 13.3. The van der Waals surface area contributed by atoms with Crippen LogP contribution in [0.4, 0.5) is 0 Å². The molecule has 0 aromatic carbocycles. The number of hydrogen-bond donors (Lipinski definition) is 1. The smallest absolute Gasteiger partial charge is 0.0783 e. The summed E-state index contributed by atoms with van der Waals surface area (Å²) in [5.41, 5.74) is 7.44. The minimum atomic E-state index is -0.112. The van der Waals surface area contributed by atoms with Gasteiger partial charge in [0.15, 0.2) is 0 Å². The Morgan fingerprint density at radius 3 is 3.00 bits per heavy atom. The van der Waals surface area contributed by atoms with E-state index >= 15 is 0 Å². The quantitative estimate of drug-likeness (QED) is 0.894. The predicted molar refractivity (Wildman–Crippen MR) is 79.0 cm³/mol. The highest BCUT2D eigenvalue weighted by Gasteiger charge is 2.27. The van der Waals surface area contributed by atoms with Gasteiger partial charge in [-0.2, -0.15) is 5.10 Å². The highest BCUT2D eigenvalue weighted by Crippen LogP contribution is 2.29. The summed E-state index contributed by atoms with van der Waals surface area (Å²) >= 11 is 3.56. The van der Waals surface area contributed by atoms with Gasteiger partial charge >= 0.3 is 0 Å². The average molecular weight is 331 g/mol. The van der Waals surface area contributed by atoms with E-state index in [0.717, 1.165) is 42.7 Å². The van der Waals surface area contributed by atoms with Crippen molar-refractivity contribution in [3.05, 3.63) is 16.4 Å². The normalized spacial score (nSPS) is 21.8. The molecule has 1 fully saturated rings. The van der Waals surface area contributed by atoms with Crippen LogP contribution in [0.5, 0.6) is 0 Å². The summed E-state index contributed by atoms with van der Waals surface area (Å²) < 4.78 is 8.77. The highest BCUT2D eigenvalue weighted by atomic mass is 79.9. The highest BCUT2D eigenvalue weighted by molar-refractivity contribution is 9.10. The summed E-state index contributed by atoms with van der Waals surface area (Å²) in [6.07, 6.45) is 5.31. The van der Waals surface area contributed by atoms with E-state index in [1.807, 2.05) is 10.9 Å². The summed E-state index contributed by atoms with van der Waals surface area (Å²) in [5, 5.41) is 4.41. The maximum Gasteiger partial charge on any atom is 0.0783 e. The topological polar surface area (TPSA) is 56.3 Å². The second kappa shape index (κ2) is 6.83. The third kappa shape index (κ3) is 3.78. The standard InChI is InChI=1S/C13H23BrN4O/c1-17(2)6-7-18-13(10(14)9-16-18)12(15)11-5-3-4-8-19-11/h9,11-12H,3-8,15H2,1-2H3. The van der Waals surface area contributed by atoms with Crippen LogP contribution in [0.15, 0.2) is 10.7 Å². The number of rotatable bonds is 5. The van der Waals surface area contributed by atoms with Crippen LogP contribution in [0.3, 0.4) is 0 Å². The van der Waals surface area contributed by atoms with Crippen molar-refractivity contribution in [2.24, 2.45) is 5.73 Å². The van der Waals surface area contributed by atoms with Gasteiger partial charge in [-0.3, -0.25) is 4.68 Å². The van der Waals surface area contributed by atoms with Crippen LogP contribution in [0.1, 0.15) is 31.0 Å². The van der Waals surface area contributed by atoms with Gasteiger partial charge in [-0.05, 0) is 49.3 Å². The zero-order valence-electron chi connectivity index (χ0n) is 11.7. The van der Waals surface area contributed by atoms with Gasteiger partial charge in [0.1, 0.15) is 0 Å². The fourth-order valence-electron chi connectivity index (χ4n) is 2.40. The van der Waals surface area contributed by atoms with Crippen LogP contribution in [-0.2, 0) is 11.3 Å². The van der Waals surface area contributed by atoms with E-state index in [-0.39, 0.29) is 12.1 Å². The fraction of sp³-hybridized carbons (Fsp3) is 0.769. The Bertz CT molecular complexity index is 401. The van der Waals surface area contributed by atoms with E-state index in [1.54, 1.807) is 0 Å². The molecular weight excluding hydrogens is 308 g/mol. The fourth-order valence-corrected chi connectivity index (χ4v) is 2.96. The van der Waals surface area contributed by atoms with Gasteiger partial charge in [-0.1, -0.05) is 0 Å². The minimum Gasteiger partial charge on any atom is -0.376 e. The number of halogens is 1. The van der Waals surface area contributed by atoms with Crippen molar-refractivity contribution in [3.8, 4) is 0 Å². The monoisotopic (exact) mass is 330 g/mol. The molecule has 1 aromatic heterocycles. The second-order valence-electron chi connectivity index (χ2n) is 5.33. The van der Waals surface area contributed by atoms with Gasteiger partial charge in [-0.15, -0.1) is 0 Å². The first-order chi connectivity index (χ1) is 9.09. The van der Waals surface area contributed by atoms with Gasteiger partial charge < -0.3 is 15.4 Å². The summed E-state index contributed by atoms with van der Waals surface area (Å²) in [4.78, 5) is 2.14. The Morgan fingerprint density at radius 1 is 1.58 bits per heavy atom. The van der Waals surface area contributed by atoms with Crippen LogP contribution >= 0.6 is 15.9 Å². The molecule has 108 valence electrons. The molecule has 0 radical (unpaired) electrons. The lowest BCUT2D eigenvalue weighted by molar-refractivity contribution is -0.00180. The SMILES string of the molecule is CN(C)CCn1ncc(Br)c1C(N)C1CCCCO1. The van der Waals surface area contributed by atoms with E-state index in [4.69, 9.17) is 10.5 Å². The molecule has 2 unspecified atom stereocenters. The van der Waals surface area contributed by atoms with Crippen molar-refractivity contribution < 1.29 is 4.74 Å². The first-order valence-corrected chi connectivity index (χ1v) is 7.62. The number of hydrogen-bond acceptors (Lipinski definition) is 4. The maximum atomic E-state index is 6.39. The molecule has 1 aliphatic heterocycles. The van der Waals surface area contributed by atoms with Crippen LogP contribution in [0.2, 0.25) is 0 Å². The van der Waals surface area contributed by atoms with Crippen molar-refractivity contribution in [1.29, 1.82) is 0 Å². The lowest BCUT2D eigenvalue weighted by Gasteiger charge is -2.28. The second-order valence-corrected chi connectivity index (χ2v) is 6.19. The van der Waals surface area contributed by atoms with Crippen LogP contribution in [0.25, 0.3) is 0 Å². The average Bonchev–Trinajstić information content (AvgIpc) is 2.78. The van der Waals surface area contributed by atoms with Gasteiger partial charge in [0.25, 0.3) is 0 Å². The molecule has 6 heteroatoms. The lowest BCUT2D eigenvalue weighted by atomic mass is 10.0. The largest absolute Gasteiger partial charge is 0.376 e. The van der Waals surface area contributed by atoms with Crippen molar-refractivity contribution in [2.75, 3.05) is 27.2 Å². The molecule has 2 N–H and O–H groups in total. The third-order valence-electron chi connectivity index (χ3n) is 3.52. The van der Waals surface area contributed by atoms with E-state index in [9.17, 15) is 0 Å². The molecule has 0 saturated carbocycles.